The van der Waals surface area contributed by atoms with Gasteiger partial charge in [0, 0.05) is 0 Å². The maximum atomic E-state index is 12.7. The molecule has 1 atom stereocenters. The monoisotopic (exact) mass is 364 g/mol. The second-order valence-electron chi connectivity index (χ2n) is 7.60. The van der Waals surface area contributed by atoms with Gasteiger partial charge in [0.05, 0.1) is 17.4 Å². The lowest BCUT2D eigenvalue weighted by Crippen LogP contribution is -2.34. The number of nitrogens with zero attached hydrogens (tertiary/aromatic N) is 4. The Morgan fingerprint density at radius 3 is 2.44 bits per heavy atom. The van der Waals surface area contributed by atoms with E-state index in [-0.39, 0.29) is 17.5 Å². The van der Waals surface area contributed by atoms with Gasteiger partial charge in [-0.15, -0.1) is 5.10 Å². The van der Waals surface area contributed by atoms with Crippen LogP contribution in [0.3, 0.4) is 0 Å². The third kappa shape index (κ3) is 5.13. The molecular formula is C20H24N6O. The molecule has 7 nitrogen and oxygen atoms in total. The van der Waals surface area contributed by atoms with Gasteiger partial charge in [0.1, 0.15) is 6.33 Å². The number of benzene rings is 2. The molecule has 0 saturated heterocycles. The molecule has 3 aromatic rings. The number of nitrogens with one attached hydrogen (secondary N) is 2. The number of hydrogen-bond acceptors (Lipinski definition) is 4. The molecule has 0 fully saturated rings. The van der Waals surface area contributed by atoms with E-state index in [0.717, 1.165) is 12.0 Å². The number of carbonyl (C=O) groups excluding carboxylic acids is 1. The number of urea groups is 1. The van der Waals surface area contributed by atoms with Crippen molar-refractivity contribution in [2.24, 2.45) is 5.41 Å². The van der Waals surface area contributed by atoms with Gasteiger partial charge in [-0.1, -0.05) is 63.2 Å². The number of para-hydroxylation sites is 2. The van der Waals surface area contributed by atoms with E-state index in [1.54, 1.807) is 0 Å². The summed E-state index contributed by atoms with van der Waals surface area (Å²) in [6.07, 6.45) is 2.31. The van der Waals surface area contributed by atoms with E-state index >= 15 is 0 Å². The lowest BCUT2D eigenvalue weighted by molar-refractivity contribution is 0.241. The second-order valence-corrected chi connectivity index (χ2v) is 7.60. The predicted molar refractivity (Wildman–Crippen MR) is 105 cm³/mol. The van der Waals surface area contributed by atoms with Crippen molar-refractivity contribution in [3.63, 3.8) is 0 Å². The lowest BCUT2D eigenvalue weighted by Gasteiger charge is -2.27. The van der Waals surface area contributed by atoms with Crippen molar-refractivity contribution in [3.8, 4) is 5.69 Å². The van der Waals surface area contributed by atoms with E-state index in [9.17, 15) is 4.79 Å². The molecule has 0 saturated carbocycles. The van der Waals surface area contributed by atoms with Gasteiger partial charge >= 0.3 is 6.03 Å². The van der Waals surface area contributed by atoms with E-state index in [2.05, 4.69) is 46.9 Å². The van der Waals surface area contributed by atoms with E-state index in [1.807, 2.05) is 54.6 Å². The Balaban J connectivity index is 1.77. The quantitative estimate of drug-likeness (QED) is 0.717. The van der Waals surface area contributed by atoms with Crippen LogP contribution < -0.4 is 10.6 Å². The molecule has 0 unspecified atom stereocenters. The number of amides is 2. The molecule has 0 aliphatic heterocycles. The Hall–Kier alpha value is -3.22. The molecule has 1 aromatic heterocycles. The van der Waals surface area contributed by atoms with Crippen LogP contribution in [-0.2, 0) is 0 Å². The zero-order valence-corrected chi connectivity index (χ0v) is 15.8. The van der Waals surface area contributed by atoms with Gasteiger partial charge in [-0.05, 0) is 40.0 Å². The van der Waals surface area contributed by atoms with Gasteiger partial charge in [-0.2, -0.15) is 4.68 Å². The first kappa shape index (κ1) is 18.6. The van der Waals surface area contributed by atoms with Crippen molar-refractivity contribution >= 4 is 11.7 Å². The van der Waals surface area contributed by atoms with Crippen LogP contribution >= 0.6 is 0 Å². The van der Waals surface area contributed by atoms with E-state index in [4.69, 9.17) is 0 Å². The smallest absolute Gasteiger partial charge is 0.319 e. The Labute approximate surface area is 158 Å². The molecular weight excluding hydrogens is 340 g/mol. The summed E-state index contributed by atoms with van der Waals surface area (Å²) in [5.74, 6) is 0. The maximum absolute atomic E-state index is 12.7. The number of aromatic nitrogens is 4. The van der Waals surface area contributed by atoms with Crippen molar-refractivity contribution in [2.75, 3.05) is 5.32 Å². The van der Waals surface area contributed by atoms with Crippen molar-refractivity contribution in [3.05, 3.63) is 66.5 Å². The van der Waals surface area contributed by atoms with E-state index in [1.165, 1.54) is 11.0 Å². The first-order valence-corrected chi connectivity index (χ1v) is 8.87. The molecule has 27 heavy (non-hydrogen) atoms. The van der Waals surface area contributed by atoms with Crippen LogP contribution in [0.5, 0.6) is 0 Å². The summed E-state index contributed by atoms with van der Waals surface area (Å²) >= 11 is 0. The minimum absolute atomic E-state index is 0.0676. The van der Waals surface area contributed by atoms with Gasteiger partial charge in [0.25, 0.3) is 0 Å². The minimum Gasteiger partial charge on any atom is -0.331 e. The Morgan fingerprint density at radius 1 is 1.07 bits per heavy atom. The fraction of sp³-hybridized carbons (Fsp3) is 0.300. The Morgan fingerprint density at radius 2 is 1.78 bits per heavy atom. The van der Waals surface area contributed by atoms with Crippen LogP contribution in [0.2, 0.25) is 0 Å². The average Bonchev–Trinajstić information content (AvgIpc) is 3.16. The van der Waals surface area contributed by atoms with E-state index < -0.39 is 0 Å². The molecule has 0 spiro atoms. The molecule has 0 aliphatic carbocycles. The summed E-state index contributed by atoms with van der Waals surface area (Å²) in [6, 6.07) is 17.0. The van der Waals surface area contributed by atoms with Crippen LogP contribution in [0.1, 0.15) is 38.8 Å². The van der Waals surface area contributed by atoms with Gasteiger partial charge in [-0.25, -0.2) is 4.79 Å². The van der Waals surface area contributed by atoms with Gasteiger partial charge in [0.15, 0.2) is 0 Å². The first-order valence-electron chi connectivity index (χ1n) is 8.87. The van der Waals surface area contributed by atoms with Crippen LogP contribution in [-0.4, -0.2) is 26.2 Å². The van der Waals surface area contributed by atoms with Crippen molar-refractivity contribution in [2.45, 2.75) is 33.2 Å². The normalized spacial score (nSPS) is 12.4. The van der Waals surface area contributed by atoms with Crippen LogP contribution in [0, 0.1) is 5.41 Å². The zero-order chi connectivity index (χ0) is 19.3. The molecule has 2 aromatic carbocycles. The molecule has 1 heterocycles. The SMILES string of the molecule is CC(C)(C)C[C@H](NC(=O)Nc1ccccc1-n1cnnn1)c1ccccc1. The highest BCUT2D eigenvalue weighted by Crippen LogP contribution is 2.29. The van der Waals surface area contributed by atoms with Crippen LogP contribution in [0.4, 0.5) is 10.5 Å². The second kappa shape index (κ2) is 7.99. The lowest BCUT2D eigenvalue weighted by atomic mass is 9.85. The predicted octanol–water partition coefficient (Wildman–Crippen LogP) is 3.96. The molecule has 0 radical (unpaired) electrons. The standard InChI is InChI=1S/C20H24N6O/c1-20(2,3)13-17(15-9-5-4-6-10-15)23-19(27)22-16-11-7-8-12-18(16)26-14-21-24-25-26/h4-12,14,17H,13H2,1-3H3,(H2,22,23,27)/t17-/m0/s1. The summed E-state index contributed by atoms with van der Waals surface area (Å²) in [4.78, 5) is 12.7. The summed E-state index contributed by atoms with van der Waals surface area (Å²) < 4.78 is 1.51. The van der Waals surface area contributed by atoms with Gasteiger partial charge in [0.2, 0.25) is 0 Å². The number of carbonyl (C=O) groups is 1. The summed E-state index contributed by atoms with van der Waals surface area (Å²) in [7, 11) is 0. The molecule has 0 aliphatic rings. The summed E-state index contributed by atoms with van der Waals surface area (Å²) in [5, 5.41) is 17.2. The average molecular weight is 364 g/mol. The minimum atomic E-state index is -0.270. The molecule has 0 bridgehead atoms. The molecule has 7 heteroatoms. The molecule has 3 rings (SSSR count). The molecule has 2 amide bonds. The topological polar surface area (TPSA) is 84.7 Å². The van der Waals surface area contributed by atoms with Gasteiger partial charge in [-0.3, -0.25) is 0 Å². The zero-order valence-electron chi connectivity index (χ0n) is 15.8. The largest absolute Gasteiger partial charge is 0.331 e. The number of rotatable bonds is 5. The highest BCUT2D eigenvalue weighted by Gasteiger charge is 2.22. The number of tetrazole rings is 1. The maximum Gasteiger partial charge on any atom is 0.319 e. The Bertz CT molecular complexity index is 871. The third-order valence-electron chi connectivity index (χ3n) is 4.07. The number of hydrogen-bond donors (Lipinski definition) is 2. The van der Waals surface area contributed by atoms with Crippen molar-refractivity contribution < 1.29 is 4.79 Å². The molecule has 2 N–H and O–H groups in total. The first-order chi connectivity index (χ1) is 12.9. The van der Waals surface area contributed by atoms with Crippen LogP contribution in [0.15, 0.2) is 60.9 Å². The molecule has 140 valence electrons. The summed E-state index contributed by atoms with van der Waals surface area (Å²) in [6.45, 7) is 6.49. The Kier molecular flexibility index (Phi) is 5.49. The fourth-order valence-electron chi connectivity index (χ4n) is 2.92. The van der Waals surface area contributed by atoms with Crippen molar-refractivity contribution in [1.29, 1.82) is 0 Å². The number of anilines is 1. The summed E-state index contributed by atoms with van der Waals surface area (Å²) in [5.41, 5.74) is 2.48. The van der Waals surface area contributed by atoms with Crippen molar-refractivity contribution in [1.82, 2.24) is 25.5 Å². The van der Waals surface area contributed by atoms with E-state index in [0.29, 0.717) is 11.4 Å². The third-order valence-corrected chi connectivity index (χ3v) is 4.07. The van der Waals surface area contributed by atoms with Crippen LogP contribution in [0.25, 0.3) is 5.69 Å². The van der Waals surface area contributed by atoms with Gasteiger partial charge < -0.3 is 10.6 Å². The highest BCUT2D eigenvalue weighted by molar-refractivity contribution is 5.91. The highest BCUT2D eigenvalue weighted by atomic mass is 16.2. The fourth-order valence-corrected chi connectivity index (χ4v) is 2.92.